The van der Waals surface area contributed by atoms with Crippen molar-refractivity contribution >= 4 is 17.8 Å². The van der Waals surface area contributed by atoms with Crippen molar-refractivity contribution in [2.45, 2.75) is 6.92 Å². The highest BCUT2D eigenvalue weighted by atomic mass is 16.2. The molecular weight excluding hydrogens is 208 g/mol. The van der Waals surface area contributed by atoms with E-state index in [9.17, 15) is 4.79 Å². The minimum atomic E-state index is -0.530. The van der Waals surface area contributed by atoms with Gasteiger partial charge in [0.15, 0.2) is 0 Å². The minimum Gasteiger partial charge on any atom is -0.368 e. The number of hydrogen-bond donors (Lipinski definition) is 4. The Balaban J connectivity index is 2.49. The summed E-state index contributed by atoms with van der Waals surface area (Å²) in [5.41, 5.74) is 5.88. The highest BCUT2D eigenvalue weighted by Gasteiger charge is 2.01. The predicted octanol–water partition coefficient (Wildman–Crippen LogP) is -0.0931. The summed E-state index contributed by atoms with van der Waals surface area (Å²) in [6.07, 6.45) is 1.72. The second kappa shape index (κ2) is 5.74. The van der Waals surface area contributed by atoms with Crippen molar-refractivity contribution in [3.8, 4) is 0 Å². The minimum absolute atomic E-state index is 0.452. The maximum atomic E-state index is 10.4. The van der Waals surface area contributed by atoms with Crippen molar-refractivity contribution < 1.29 is 4.79 Å². The Morgan fingerprint density at radius 1 is 1.50 bits per heavy atom. The van der Waals surface area contributed by atoms with E-state index in [1.807, 2.05) is 6.92 Å². The van der Waals surface area contributed by atoms with Crippen molar-refractivity contribution in [3.05, 3.63) is 11.8 Å². The molecule has 16 heavy (non-hydrogen) atoms. The Morgan fingerprint density at radius 2 is 2.25 bits per heavy atom. The van der Waals surface area contributed by atoms with Crippen molar-refractivity contribution in [2.24, 2.45) is 5.73 Å². The quantitative estimate of drug-likeness (QED) is 0.523. The largest absolute Gasteiger partial charge is 0.368 e. The number of carbonyl (C=O) groups excluding carboxylic acids is 1. The van der Waals surface area contributed by atoms with E-state index in [-0.39, 0.29) is 0 Å². The van der Waals surface area contributed by atoms with Gasteiger partial charge in [0.25, 0.3) is 0 Å². The number of nitrogens with zero attached hydrogens (tertiary/aromatic N) is 2. The van der Waals surface area contributed by atoms with E-state index >= 15 is 0 Å². The van der Waals surface area contributed by atoms with Gasteiger partial charge in [0, 0.05) is 31.9 Å². The Labute approximate surface area is 93.8 Å². The second-order valence-corrected chi connectivity index (χ2v) is 3.19. The molecular formula is C9H16N6O. The predicted molar refractivity (Wildman–Crippen MR) is 62.4 cm³/mol. The number of carbonyl (C=O) groups is 1. The van der Waals surface area contributed by atoms with Crippen LogP contribution in [0, 0.1) is 6.92 Å². The normalized spacial score (nSPS) is 9.62. The van der Waals surface area contributed by atoms with Crippen LogP contribution in [0.25, 0.3) is 0 Å². The number of rotatable bonds is 5. The van der Waals surface area contributed by atoms with E-state index in [0.29, 0.717) is 19.0 Å². The van der Waals surface area contributed by atoms with Gasteiger partial charge in [0.05, 0.1) is 0 Å². The molecule has 0 aliphatic heterocycles. The van der Waals surface area contributed by atoms with Crippen molar-refractivity contribution in [3.63, 3.8) is 0 Å². The summed E-state index contributed by atoms with van der Waals surface area (Å²) in [7, 11) is 1.75. The third kappa shape index (κ3) is 3.60. The van der Waals surface area contributed by atoms with Crippen LogP contribution < -0.4 is 21.7 Å². The molecule has 1 heterocycles. The van der Waals surface area contributed by atoms with Gasteiger partial charge in [-0.25, -0.2) is 9.78 Å². The standard InChI is InChI=1S/C9H16N6O/c1-6-5-14-9(11-2)15-7(6)12-3-4-13-8(10)16/h5H,3-4H2,1-2H3,(H3,10,13,16)(H2,11,12,14,15). The van der Waals surface area contributed by atoms with Gasteiger partial charge in [-0.15, -0.1) is 0 Å². The number of hydrogen-bond acceptors (Lipinski definition) is 5. The molecule has 7 heteroatoms. The van der Waals surface area contributed by atoms with Gasteiger partial charge in [0.2, 0.25) is 5.95 Å². The molecule has 2 amide bonds. The molecule has 0 bridgehead atoms. The zero-order chi connectivity index (χ0) is 12.0. The number of aromatic nitrogens is 2. The molecule has 1 aromatic rings. The molecule has 0 unspecified atom stereocenters. The first kappa shape index (κ1) is 12.0. The van der Waals surface area contributed by atoms with Gasteiger partial charge in [0.1, 0.15) is 5.82 Å². The highest BCUT2D eigenvalue weighted by Crippen LogP contribution is 2.11. The third-order valence-electron chi connectivity index (χ3n) is 1.91. The number of anilines is 2. The summed E-state index contributed by atoms with van der Waals surface area (Å²) < 4.78 is 0. The Kier molecular flexibility index (Phi) is 4.31. The zero-order valence-electron chi connectivity index (χ0n) is 9.37. The first-order valence-electron chi connectivity index (χ1n) is 4.92. The lowest BCUT2D eigenvalue weighted by molar-refractivity contribution is 0.249. The van der Waals surface area contributed by atoms with Crippen LogP contribution in [0.2, 0.25) is 0 Å². The molecule has 88 valence electrons. The summed E-state index contributed by atoms with van der Waals surface area (Å²) >= 11 is 0. The molecule has 0 fully saturated rings. The molecule has 0 aliphatic carbocycles. The summed E-state index contributed by atoms with van der Waals surface area (Å²) in [4.78, 5) is 18.7. The van der Waals surface area contributed by atoms with E-state index in [4.69, 9.17) is 5.73 Å². The van der Waals surface area contributed by atoms with Crippen LogP contribution in [0.5, 0.6) is 0 Å². The molecule has 1 aromatic heterocycles. The van der Waals surface area contributed by atoms with E-state index in [1.54, 1.807) is 13.2 Å². The van der Waals surface area contributed by atoms with Gasteiger partial charge >= 0.3 is 6.03 Å². The summed E-state index contributed by atoms with van der Waals surface area (Å²) in [6.45, 7) is 2.92. The van der Waals surface area contributed by atoms with Gasteiger partial charge in [-0.3, -0.25) is 0 Å². The fourth-order valence-electron chi connectivity index (χ4n) is 1.11. The SMILES string of the molecule is CNc1ncc(C)c(NCCNC(N)=O)n1. The van der Waals surface area contributed by atoms with Crippen LogP contribution in [0.1, 0.15) is 5.56 Å². The summed E-state index contributed by atoms with van der Waals surface area (Å²) in [6, 6.07) is -0.530. The summed E-state index contributed by atoms with van der Waals surface area (Å²) in [5.74, 6) is 1.29. The molecule has 1 rings (SSSR count). The molecule has 0 aliphatic rings. The maximum absolute atomic E-state index is 10.4. The first-order valence-corrected chi connectivity index (χ1v) is 4.92. The lowest BCUT2D eigenvalue weighted by Crippen LogP contribution is -2.33. The van der Waals surface area contributed by atoms with Crippen LogP contribution >= 0.6 is 0 Å². The van der Waals surface area contributed by atoms with Gasteiger partial charge in [-0.2, -0.15) is 4.98 Å². The Morgan fingerprint density at radius 3 is 2.88 bits per heavy atom. The van der Waals surface area contributed by atoms with Crippen LogP contribution in [0.15, 0.2) is 6.20 Å². The monoisotopic (exact) mass is 224 g/mol. The van der Waals surface area contributed by atoms with E-state index < -0.39 is 6.03 Å². The number of nitrogens with two attached hydrogens (primary N) is 1. The fraction of sp³-hybridized carbons (Fsp3) is 0.444. The van der Waals surface area contributed by atoms with E-state index in [1.165, 1.54) is 0 Å². The average Bonchev–Trinajstić information content (AvgIpc) is 2.26. The molecule has 0 spiro atoms. The van der Waals surface area contributed by atoms with E-state index in [2.05, 4.69) is 25.9 Å². The lowest BCUT2D eigenvalue weighted by atomic mass is 10.3. The summed E-state index contributed by atoms with van der Waals surface area (Å²) in [5, 5.41) is 8.41. The molecule has 0 radical (unpaired) electrons. The molecule has 0 aromatic carbocycles. The number of primary amides is 1. The number of amides is 2. The first-order chi connectivity index (χ1) is 7.63. The molecule has 0 saturated heterocycles. The van der Waals surface area contributed by atoms with Crippen molar-refractivity contribution in [2.75, 3.05) is 30.8 Å². The van der Waals surface area contributed by atoms with Crippen LogP contribution in [0.3, 0.4) is 0 Å². The number of aryl methyl sites for hydroxylation is 1. The topological polar surface area (TPSA) is 105 Å². The van der Waals surface area contributed by atoms with Crippen molar-refractivity contribution in [1.82, 2.24) is 15.3 Å². The Bertz CT molecular complexity index is 367. The van der Waals surface area contributed by atoms with Crippen LogP contribution in [-0.4, -0.2) is 36.1 Å². The van der Waals surface area contributed by atoms with E-state index in [0.717, 1.165) is 11.4 Å². The number of nitrogens with one attached hydrogen (secondary N) is 3. The highest BCUT2D eigenvalue weighted by molar-refractivity contribution is 5.71. The molecule has 0 saturated carbocycles. The lowest BCUT2D eigenvalue weighted by Gasteiger charge is -2.09. The zero-order valence-corrected chi connectivity index (χ0v) is 9.37. The van der Waals surface area contributed by atoms with Gasteiger partial charge in [-0.05, 0) is 6.92 Å². The van der Waals surface area contributed by atoms with Crippen LogP contribution in [-0.2, 0) is 0 Å². The third-order valence-corrected chi connectivity index (χ3v) is 1.91. The fourth-order valence-corrected chi connectivity index (χ4v) is 1.11. The maximum Gasteiger partial charge on any atom is 0.312 e. The smallest absolute Gasteiger partial charge is 0.312 e. The van der Waals surface area contributed by atoms with Gasteiger partial charge in [-0.1, -0.05) is 0 Å². The second-order valence-electron chi connectivity index (χ2n) is 3.19. The van der Waals surface area contributed by atoms with Crippen molar-refractivity contribution in [1.29, 1.82) is 0 Å². The van der Waals surface area contributed by atoms with Crippen LogP contribution in [0.4, 0.5) is 16.6 Å². The number of urea groups is 1. The molecule has 7 nitrogen and oxygen atoms in total. The average molecular weight is 224 g/mol. The molecule has 0 atom stereocenters. The Hall–Kier alpha value is -2.05. The van der Waals surface area contributed by atoms with Gasteiger partial charge < -0.3 is 21.7 Å². The molecule has 5 N–H and O–H groups in total.